The smallest absolute Gasteiger partial charge is 0.235 e. The van der Waals surface area contributed by atoms with E-state index < -0.39 is 0 Å². The van der Waals surface area contributed by atoms with Gasteiger partial charge in [-0.25, -0.2) is 9.97 Å². The average molecular weight is 422 g/mol. The van der Waals surface area contributed by atoms with Crippen molar-refractivity contribution in [1.82, 2.24) is 29.9 Å². The maximum Gasteiger partial charge on any atom is 0.235 e. The van der Waals surface area contributed by atoms with Gasteiger partial charge < -0.3 is 14.5 Å². The van der Waals surface area contributed by atoms with E-state index in [1.807, 2.05) is 36.7 Å². The number of aryl methyl sites for hydroxylation is 2. The van der Waals surface area contributed by atoms with Gasteiger partial charge >= 0.3 is 0 Å². The maximum absolute atomic E-state index is 5.74. The average Bonchev–Trinajstić information content (AvgIpc) is 3.35. The molecule has 0 unspecified atom stereocenters. The lowest BCUT2D eigenvalue weighted by Crippen LogP contribution is -2.09. The van der Waals surface area contributed by atoms with Crippen LogP contribution in [0, 0.1) is 13.8 Å². The molecule has 0 aromatic carbocycles. The number of pyridine rings is 2. The van der Waals surface area contributed by atoms with E-state index in [0.29, 0.717) is 30.8 Å². The van der Waals surface area contributed by atoms with Crippen LogP contribution in [-0.2, 0) is 6.54 Å². The molecule has 4 heterocycles. The van der Waals surface area contributed by atoms with Crippen LogP contribution in [0.25, 0.3) is 22.3 Å². The molecule has 0 fully saturated rings. The van der Waals surface area contributed by atoms with E-state index in [1.165, 1.54) is 0 Å². The number of rotatable bonds is 8. The molecule has 0 spiro atoms. The van der Waals surface area contributed by atoms with Crippen LogP contribution < -0.4 is 10.1 Å². The Morgan fingerprint density at radius 3 is 2.77 bits per heavy atom. The number of nitrogens with zero attached hydrogens (tertiary/aromatic N) is 6. The largest absolute Gasteiger partial charge is 0.477 e. The third-order valence-electron chi connectivity index (χ3n) is 5.16. The number of ether oxygens (including phenoxy) is 1. The van der Waals surface area contributed by atoms with Gasteiger partial charge in [0.2, 0.25) is 17.7 Å². The predicted octanol–water partition coefficient (Wildman–Crippen LogP) is 4.47. The Bertz CT molecular complexity index is 1200. The molecule has 31 heavy (non-hydrogen) atoms. The van der Waals surface area contributed by atoms with Crippen molar-refractivity contribution in [1.29, 1.82) is 0 Å². The van der Waals surface area contributed by atoms with Crippen molar-refractivity contribution in [2.24, 2.45) is 0 Å². The first-order chi connectivity index (χ1) is 15.0. The minimum atomic E-state index is 0.229. The van der Waals surface area contributed by atoms with E-state index in [-0.39, 0.29) is 6.04 Å². The number of anilines is 1. The van der Waals surface area contributed by atoms with Gasteiger partial charge in [0.1, 0.15) is 11.0 Å². The van der Waals surface area contributed by atoms with Crippen molar-refractivity contribution in [2.45, 2.75) is 53.6 Å². The fourth-order valence-electron chi connectivity index (χ4n) is 3.46. The van der Waals surface area contributed by atoms with Gasteiger partial charge in [-0.1, -0.05) is 6.92 Å². The Balaban J connectivity index is 1.87. The number of fused-ring (bicyclic) bond motifs is 1. The van der Waals surface area contributed by atoms with Gasteiger partial charge in [0.25, 0.3) is 0 Å². The molecular weight excluding hydrogens is 394 g/mol. The Kier molecular flexibility index (Phi) is 5.83. The molecular formula is C22H27N7O2. The molecule has 0 saturated heterocycles. The topological polar surface area (TPSA) is 104 Å². The molecule has 0 aliphatic carbocycles. The molecule has 0 aliphatic rings. The summed E-state index contributed by atoms with van der Waals surface area (Å²) in [5, 5.41) is 16.2. The van der Waals surface area contributed by atoms with Crippen molar-refractivity contribution >= 4 is 16.7 Å². The summed E-state index contributed by atoms with van der Waals surface area (Å²) in [6, 6.07) is 6.08. The molecule has 9 heteroatoms. The summed E-state index contributed by atoms with van der Waals surface area (Å²) >= 11 is 0. The van der Waals surface area contributed by atoms with Gasteiger partial charge in [-0.2, -0.15) is 5.10 Å². The number of hydrogen-bond donors (Lipinski definition) is 1. The first-order valence-electron chi connectivity index (χ1n) is 10.5. The van der Waals surface area contributed by atoms with E-state index in [4.69, 9.17) is 19.2 Å². The lowest BCUT2D eigenvalue weighted by atomic mass is 10.1. The highest BCUT2D eigenvalue weighted by Gasteiger charge is 2.20. The third-order valence-corrected chi connectivity index (χ3v) is 5.16. The molecule has 0 amide bonds. The Labute approximate surface area is 180 Å². The van der Waals surface area contributed by atoms with Gasteiger partial charge in [-0.15, -0.1) is 10.2 Å². The van der Waals surface area contributed by atoms with Gasteiger partial charge in [-0.3, -0.25) is 4.68 Å². The molecule has 4 aromatic heterocycles. The van der Waals surface area contributed by atoms with Crippen LogP contribution in [0.3, 0.4) is 0 Å². The second-order valence-electron chi connectivity index (χ2n) is 7.40. The highest BCUT2D eigenvalue weighted by Crippen LogP contribution is 2.35. The molecule has 0 radical (unpaired) electrons. The van der Waals surface area contributed by atoms with E-state index >= 15 is 0 Å². The quantitative estimate of drug-likeness (QED) is 0.444. The highest BCUT2D eigenvalue weighted by atomic mass is 16.5. The van der Waals surface area contributed by atoms with Crippen LogP contribution in [0.5, 0.6) is 5.88 Å². The van der Waals surface area contributed by atoms with Crippen LogP contribution in [0.1, 0.15) is 50.7 Å². The number of aromatic nitrogens is 6. The van der Waals surface area contributed by atoms with Crippen LogP contribution in [0.4, 0.5) is 5.69 Å². The second-order valence-corrected chi connectivity index (χ2v) is 7.40. The van der Waals surface area contributed by atoms with Gasteiger partial charge in [0.15, 0.2) is 0 Å². The molecule has 0 saturated carbocycles. The summed E-state index contributed by atoms with van der Waals surface area (Å²) in [4.78, 5) is 9.33. The molecule has 4 rings (SSSR count). The number of nitrogens with one attached hydrogen (secondary N) is 1. The van der Waals surface area contributed by atoms with Crippen molar-refractivity contribution < 1.29 is 9.15 Å². The molecule has 1 N–H and O–H groups in total. The van der Waals surface area contributed by atoms with Crippen LogP contribution in [0.2, 0.25) is 0 Å². The summed E-state index contributed by atoms with van der Waals surface area (Å²) in [6.07, 6.45) is 2.67. The summed E-state index contributed by atoms with van der Waals surface area (Å²) < 4.78 is 13.3. The lowest BCUT2D eigenvalue weighted by molar-refractivity contribution is 0.328. The lowest BCUT2D eigenvalue weighted by Gasteiger charge is -2.15. The zero-order chi connectivity index (χ0) is 22.0. The number of hydrogen-bond acceptors (Lipinski definition) is 8. The SMILES string of the molecule is CCOc1ncccc1-c1cc(NCc2nnc(C)o2)c2c(n1)c(C)nn2[C@@H](C)CC. The normalized spacial score (nSPS) is 12.3. The second kappa shape index (κ2) is 8.71. The monoisotopic (exact) mass is 421 g/mol. The minimum Gasteiger partial charge on any atom is -0.477 e. The zero-order valence-electron chi connectivity index (χ0n) is 18.5. The van der Waals surface area contributed by atoms with Crippen LogP contribution in [0.15, 0.2) is 28.8 Å². The maximum atomic E-state index is 5.74. The molecule has 4 aromatic rings. The molecule has 0 bridgehead atoms. The summed E-state index contributed by atoms with van der Waals surface area (Å²) in [7, 11) is 0. The first-order valence-corrected chi connectivity index (χ1v) is 10.5. The first kappa shape index (κ1) is 20.8. The van der Waals surface area contributed by atoms with E-state index in [0.717, 1.165) is 40.1 Å². The summed E-state index contributed by atoms with van der Waals surface area (Å²) in [5.74, 6) is 1.61. The van der Waals surface area contributed by atoms with Crippen LogP contribution >= 0.6 is 0 Å². The fourth-order valence-corrected chi connectivity index (χ4v) is 3.46. The van der Waals surface area contributed by atoms with Gasteiger partial charge in [0, 0.05) is 19.2 Å². The Hall–Kier alpha value is -3.49. The molecule has 0 aliphatic heterocycles. The Morgan fingerprint density at radius 1 is 1.23 bits per heavy atom. The van der Waals surface area contributed by atoms with E-state index in [9.17, 15) is 0 Å². The molecule has 162 valence electrons. The summed E-state index contributed by atoms with van der Waals surface area (Å²) in [5.41, 5.74) is 5.15. The predicted molar refractivity (Wildman–Crippen MR) is 118 cm³/mol. The zero-order valence-corrected chi connectivity index (χ0v) is 18.5. The van der Waals surface area contributed by atoms with Crippen molar-refractivity contribution in [3.63, 3.8) is 0 Å². The van der Waals surface area contributed by atoms with Crippen molar-refractivity contribution in [3.8, 4) is 17.1 Å². The fraction of sp³-hybridized carbons (Fsp3) is 0.409. The van der Waals surface area contributed by atoms with Crippen molar-refractivity contribution in [2.75, 3.05) is 11.9 Å². The van der Waals surface area contributed by atoms with E-state index in [2.05, 4.69) is 34.3 Å². The summed E-state index contributed by atoms with van der Waals surface area (Å²) in [6.45, 7) is 10.9. The Morgan fingerprint density at radius 2 is 2.06 bits per heavy atom. The van der Waals surface area contributed by atoms with Gasteiger partial charge in [0.05, 0.1) is 35.8 Å². The minimum absolute atomic E-state index is 0.229. The standard InChI is InChI=1S/C22H27N7O2/c1-6-13(3)29-21-18(24-12-19-27-26-15(5)31-19)11-17(25-20(21)14(4)28-29)16-9-8-10-23-22(16)30-7-2/h8-11,13H,6-7,12H2,1-5H3,(H,24,25)/t13-/m0/s1. The molecule has 9 nitrogen and oxygen atoms in total. The van der Waals surface area contributed by atoms with E-state index in [1.54, 1.807) is 13.1 Å². The van der Waals surface area contributed by atoms with Crippen LogP contribution in [-0.4, -0.2) is 36.6 Å². The third kappa shape index (κ3) is 4.08. The van der Waals surface area contributed by atoms with Crippen molar-refractivity contribution in [3.05, 3.63) is 41.9 Å². The highest BCUT2D eigenvalue weighted by molar-refractivity contribution is 5.93. The van der Waals surface area contributed by atoms with Gasteiger partial charge in [-0.05, 0) is 45.4 Å². The molecule has 1 atom stereocenters.